The van der Waals surface area contributed by atoms with E-state index in [0.29, 0.717) is 10.7 Å². The highest BCUT2D eigenvalue weighted by molar-refractivity contribution is 6.41. The predicted octanol–water partition coefficient (Wildman–Crippen LogP) is 5.13. The summed E-state index contributed by atoms with van der Waals surface area (Å²) < 4.78 is 0. The second kappa shape index (κ2) is 6.10. The maximum absolute atomic E-state index is 12.1. The van der Waals surface area contributed by atoms with E-state index in [1.165, 1.54) is 24.3 Å². The van der Waals surface area contributed by atoms with E-state index < -0.39 is 5.91 Å². The maximum atomic E-state index is 12.1. The van der Waals surface area contributed by atoms with Gasteiger partial charge in [-0.05, 0) is 30.3 Å². The molecule has 0 fully saturated rings. The standard InChI is InChI=1S/C13H8Cl4N2O/c14-6-1-2-8(9(15)3-6)13(20)19-12-10(16)4-7(18)5-11(12)17/h1-5H,18H2,(H,19,20). The van der Waals surface area contributed by atoms with Gasteiger partial charge >= 0.3 is 0 Å². The number of nitrogen functional groups attached to an aromatic ring is 1. The number of anilines is 2. The number of hydrogen-bond acceptors (Lipinski definition) is 2. The minimum atomic E-state index is -0.444. The molecule has 0 radical (unpaired) electrons. The fourth-order valence-corrected chi connectivity index (χ4v) is 2.66. The Bertz CT molecular complexity index is 665. The first-order valence-electron chi connectivity index (χ1n) is 5.39. The zero-order valence-corrected chi connectivity index (χ0v) is 12.9. The lowest BCUT2D eigenvalue weighted by Gasteiger charge is -2.11. The molecular formula is C13H8Cl4N2O. The molecule has 0 unspecified atom stereocenters. The maximum Gasteiger partial charge on any atom is 0.257 e. The molecule has 1 amide bonds. The number of amides is 1. The molecule has 7 heteroatoms. The predicted molar refractivity (Wildman–Crippen MR) is 85.3 cm³/mol. The quantitative estimate of drug-likeness (QED) is 0.738. The zero-order valence-electron chi connectivity index (χ0n) is 9.88. The van der Waals surface area contributed by atoms with Crippen LogP contribution in [-0.4, -0.2) is 5.91 Å². The molecule has 0 bridgehead atoms. The molecule has 0 atom stereocenters. The minimum Gasteiger partial charge on any atom is -0.399 e. The molecule has 2 aromatic carbocycles. The number of halogens is 4. The van der Waals surface area contributed by atoms with Crippen molar-refractivity contribution in [3.63, 3.8) is 0 Å². The molecule has 2 rings (SSSR count). The molecule has 3 N–H and O–H groups in total. The first-order chi connectivity index (χ1) is 9.38. The fourth-order valence-electron chi connectivity index (χ4n) is 1.57. The van der Waals surface area contributed by atoms with Crippen LogP contribution in [0.4, 0.5) is 11.4 Å². The largest absolute Gasteiger partial charge is 0.399 e. The number of hydrogen-bond donors (Lipinski definition) is 2. The minimum absolute atomic E-state index is 0.234. The second-order valence-electron chi connectivity index (χ2n) is 3.94. The number of nitrogens with two attached hydrogens (primary N) is 1. The Morgan fingerprint density at radius 1 is 0.950 bits per heavy atom. The zero-order chi connectivity index (χ0) is 14.9. The highest BCUT2D eigenvalue weighted by Crippen LogP contribution is 2.33. The second-order valence-corrected chi connectivity index (χ2v) is 5.60. The Balaban J connectivity index is 2.33. The molecule has 0 aliphatic carbocycles. The van der Waals surface area contributed by atoms with Crippen LogP contribution >= 0.6 is 46.4 Å². The highest BCUT2D eigenvalue weighted by atomic mass is 35.5. The molecule has 2 aromatic rings. The van der Waals surface area contributed by atoms with Crippen molar-refractivity contribution >= 4 is 63.7 Å². The first-order valence-corrected chi connectivity index (χ1v) is 6.90. The van der Waals surface area contributed by atoms with Gasteiger partial charge in [0.25, 0.3) is 5.91 Å². The molecular weight excluding hydrogens is 342 g/mol. The van der Waals surface area contributed by atoms with Crippen molar-refractivity contribution in [2.45, 2.75) is 0 Å². The third-order valence-electron chi connectivity index (χ3n) is 2.48. The Morgan fingerprint density at radius 3 is 2.10 bits per heavy atom. The van der Waals surface area contributed by atoms with Gasteiger partial charge < -0.3 is 11.1 Å². The Labute approximate surface area is 135 Å². The van der Waals surface area contributed by atoms with Crippen LogP contribution < -0.4 is 11.1 Å². The molecule has 0 heterocycles. The van der Waals surface area contributed by atoms with Gasteiger partial charge in [-0.1, -0.05) is 46.4 Å². The molecule has 3 nitrogen and oxygen atoms in total. The molecule has 0 spiro atoms. The Hall–Kier alpha value is -1.13. The van der Waals surface area contributed by atoms with E-state index in [1.54, 1.807) is 6.07 Å². The number of nitrogens with one attached hydrogen (secondary N) is 1. The first kappa shape index (κ1) is 15.3. The number of rotatable bonds is 2. The average molecular weight is 350 g/mol. The Kier molecular flexibility index (Phi) is 4.66. The summed E-state index contributed by atoms with van der Waals surface area (Å²) >= 11 is 23.7. The van der Waals surface area contributed by atoms with Gasteiger partial charge in [-0.2, -0.15) is 0 Å². The molecule has 0 saturated carbocycles. The molecule has 0 saturated heterocycles. The summed E-state index contributed by atoms with van der Waals surface area (Å²) in [6, 6.07) is 7.54. The Morgan fingerprint density at radius 2 is 1.55 bits per heavy atom. The number of carbonyl (C=O) groups excluding carboxylic acids is 1. The summed E-state index contributed by atoms with van der Waals surface area (Å²) in [6.07, 6.45) is 0. The van der Waals surface area contributed by atoms with Crippen LogP contribution in [0.15, 0.2) is 30.3 Å². The summed E-state index contributed by atoms with van der Waals surface area (Å²) in [4.78, 5) is 12.1. The smallest absolute Gasteiger partial charge is 0.257 e. The molecule has 0 aromatic heterocycles. The van der Waals surface area contributed by atoms with Crippen LogP contribution in [-0.2, 0) is 0 Å². The summed E-state index contributed by atoms with van der Waals surface area (Å²) in [5, 5.41) is 3.76. The molecule has 104 valence electrons. The van der Waals surface area contributed by atoms with E-state index in [1.807, 2.05) is 0 Å². The van der Waals surface area contributed by atoms with Gasteiger partial charge in [0.1, 0.15) is 0 Å². The van der Waals surface area contributed by atoms with Gasteiger partial charge in [0.05, 0.1) is 26.3 Å². The lowest BCUT2D eigenvalue weighted by Crippen LogP contribution is -2.13. The number of benzene rings is 2. The van der Waals surface area contributed by atoms with Crippen molar-refractivity contribution in [3.8, 4) is 0 Å². The van der Waals surface area contributed by atoms with Gasteiger partial charge in [0.2, 0.25) is 0 Å². The lowest BCUT2D eigenvalue weighted by atomic mass is 10.2. The van der Waals surface area contributed by atoms with Crippen LogP contribution in [0.3, 0.4) is 0 Å². The van der Waals surface area contributed by atoms with Gasteiger partial charge in [0.15, 0.2) is 0 Å². The molecule has 0 aliphatic heterocycles. The number of carbonyl (C=O) groups is 1. The van der Waals surface area contributed by atoms with Gasteiger partial charge in [-0.15, -0.1) is 0 Å². The van der Waals surface area contributed by atoms with Crippen LogP contribution in [0.25, 0.3) is 0 Å². The summed E-state index contributed by atoms with van der Waals surface area (Å²) in [5.74, 6) is -0.444. The van der Waals surface area contributed by atoms with Gasteiger partial charge in [0, 0.05) is 10.7 Å². The van der Waals surface area contributed by atoms with E-state index >= 15 is 0 Å². The van der Waals surface area contributed by atoms with Crippen molar-refractivity contribution in [1.82, 2.24) is 0 Å². The van der Waals surface area contributed by atoms with E-state index in [4.69, 9.17) is 52.1 Å². The summed E-state index contributed by atoms with van der Waals surface area (Å²) in [7, 11) is 0. The van der Waals surface area contributed by atoms with Crippen molar-refractivity contribution in [3.05, 3.63) is 56.0 Å². The third-order valence-corrected chi connectivity index (χ3v) is 3.62. The van der Waals surface area contributed by atoms with E-state index in [0.717, 1.165) is 0 Å². The molecule has 0 aliphatic rings. The highest BCUT2D eigenvalue weighted by Gasteiger charge is 2.15. The van der Waals surface area contributed by atoms with E-state index in [9.17, 15) is 4.79 Å². The van der Waals surface area contributed by atoms with Crippen molar-refractivity contribution < 1.29 is 4.79 Å². The van der Waals surface area contributed by atoms with Crippen LogP contribution in [0, 0.1) is 0 Å². The van der Waals surface area contributed by atoms with Crippen LogP contribution in [0.1, 0.15) is 10.4 Å². The van der Waals surface area contributed by atoms with Gasteiger partial charge in [-0.3, -0.25) is 4.79 Å². The fraction of sp³-hybridized carbons (Fsp3) is 0. The van der Waals surface area contributed by atoms with Crippen LogP contribution in [0.2, 0.25) is 20.1 Å². The SMILES string of the molecule is Nc1cc(Cl)c(NC(=O)c2ccc(Cl)cc2Cl)c(Cl)c1. The third kappa shape index (κ3) is 3.30. The topological polar surface area (TPSA) is 55.1 Å². The van der Waals surface area contributed by atoms with E-state index in [-0.39, 0.29) is 26.3 Å². The summed E-state index contributed by atoms with van der Waals surface area (Å²) in [6.45, 7) is 0. The van der Waals surface area contributed by atoms with Crippen molar-refractivity contribution in [1.29, 1.82) is 0 Å². The van der Waals surface area contributed by atoms with Crippen molar-refractivity contribution in [2.75, 3.05) is 11.1 Å². The lowest BCUT2D eigenvalue weighted by molar-refractivity contribution is 0.102. The summed E-state index contributed by atoms with van der Waals surface area (Å²) in [5.41, 5.74) is 6.54. The van der Waals surface area contributed by atoms with Crippen molar-refractivity contribution in [2.24, 2.45) is 0 Å². The monoisotopic (exact) mass is 348 g/mol. The average Bonchev–Trinajstić information content (AvgIpc) is 2.33. The van der Waals surface area contributed by atoms with Gasteiger partial charge in [-0.25, -0.2) is 0 Å². The van der Waals surface area contributed by atoms with Crippen LogP contribution in [0.5, 0.6) is 0 Å². The normalized spacial score (nSPS) is 10.4. The van der Waals surface area contributed by atoms with E-state index in [2.05, 4.69) is 5.32 Å². The molecule has 20 heavy (non-hydrogen) atoms.